The quantitative estimate of drug-likeness (QED) is 0.191. The van der Waals surface area contributed by atoms with Crippen LogP contribution in [0.15, 0.2) is 82.2 Å². The summed E-state index contributed by atoms with van der Waals surface area (Å²) in [5, 5.41) is 13.7. The Kier molecular flexibility index (Phi) is 7.66. The minimum Gasteiger partial charge on any atom is -0.464 e. The highest BCUT2D eigenvalue weighted by molar-refractivity contribution is 5.99. The molecule has 3 rings (SSSR count). The van der Waals surface area contributed by atoms with E-state index in [-0.39, 0.29) is 36.4 Å². The summed E-state index contributed by atoms with van der Waals surface area (Å²) >= 11 is 0. The molecule has 0 aliphatic heterocycles. The van der Waals surface area contributed by atoms with Gasteiger partial charge in [-0.25, -0.2) is 0 Å². The lowest BCUT2D eigenvalue weighted by atomic mass is 10.1. The summed E-state index contributed by atoms with van der Waals surface area (Å²) in [7, 11) is 0. The van der Waals surface area contributed by atoms with Crippen molar-refractivity contribution in [3.63, 3.8) is 0 Å². The third-order valence-corrected chi connectivity index (χ3v) is 4.93. The number of amides is 1. The first-order valence-electron chi connectivity index (χ1n) is 10.1. The van der Waals surface area contributed by atoms with Crippen LogP contribution in [0.1, 0.15) is 18.1 Å². The lowest BCUT2D eigenvalue weighted by molar-refractivity contribution is -0.118. The molecule has 3 aromatic rings. The van der Waals surface area contributed by atoms with Crippen molar-refractivity contribution in [2.24, 2.45) is 10.9 Å². The topological polar surface area (TPSA) is 125 Å². The molecule has 0 spiro atoms. The van der Waals surface area contributed by atoms with Crippen molar-refractivity contribution in [1.82, 2.24) is 10.2 Å². The molecule has 4 N–H and O–H groups in total. The number of furan rings is 1. The van der Waals surface area contributed by atoms with Crippen molar-refractivity contribution < 1.29 is 9.21 Å². The highest BCUT2D eigenvalue weighted by Gasteiger charge is 2.20. The molecule has 0 saturated carbocycles. The molecular weight excluding hydrogens is 406 g/mol. The van der Waals surface area contributed by atoms with Gasteiger partial charge in [0, 0.05) is 24.7 Å². The van der Waals surface area contributed by atoms with E-state index < -0.39 is 0 Å². The normalized spacial score (nSPS) is 12.1. The Bertz CT molecular complexity index is 1110. The van der Waals surface area contributed by atoms with Gasteiger partial charge in [0.2, 0.25) is 0 Å². The number of carbonyl (C=O) groups excluding carboxylic acids is 1. The third kappa shape index (κ3) is 5.55. The number of hydrogen-bond acceptors (Lipinski definition) is 6. The van der Waals surface area contributed by atoms with Gasteiger partial charge in [0.15, 0.2) is 0 Å². The average Bonchev–Trinajstić information content (AvgIpc) is 3.37. The van der Waals surface area contributed by atoms with Gasteiger partial charge in [-0.15, -0.1) is 4.91 Å². The molecule has 0 fully saturated rings. The maximum Gasteiger partial charge on any atom is 0.268 e. The predicted molar refractivity (Wildman–Crippen MR) is 125 cm³/mol. The van der Waals surface area contributed by atoms with Crippen LogP contribution in [0.2, 0.25) is 0 Å². The van der Waals surface area contributed by atoms with E-state index in [0.29, 0.717) is 5.56 Å². The molecule has 164 valence electrons. The predicted octanol–water partition coefficient (Wildman–Crippen LogP) is 4.26. The summed E-state index contributed by atoms with van der Waals surface area (Å²) in [6, 6.07) is 17.7. The van der Waals surface area contributed by atoms with Crippen LogP contribution in [0, 0.1) is 10.3 Å². The summed E-state index contributed by atoms with van der Waals surface area (Å²) in [4.78, 5) is 25.5. The number of carbonyl (C=O) groups is 1. The Morgan fingerprint density at radius 1 is 1.22 bits per heavy atom. The van der Waals surface area contributed by atoms with E-state index in [1.807, 2.05) is 43.3 Å². The van der Waals surface area contributed by atoms with E-state index in [9.17, 15) is 9.70 Å². The van der Waals surface area contributed by atoms with Gasteiger partial charge in [0.25, 0.3) is 5.91 Å². The van der Waals surface area contributed by atoms with Gasteiger partial charge < -0.3 is 20.4 Å². The Balaban J connectivity index is 1.85. The SMILES string of the molecule is CC(CN)N(C=N)/C(=C\c1cccc(N=O)c1)C(=O)NCc1cccc(-c2ccco2)c1. The first-order valence-corrected chi connectivity index (χ1v) is 10.1. The van der Waals surface area contributed by atoms with Crippen molar-refractivity contribution in [3.05, 3.63) is 88.7 Å². The van der Waals surface area contributed by atoms with Crippen molar-refractivity contribution in [3.8, 4) is 11.3 Å². The zero-order valence-electron chi connectivity index (χ0n) is 17.7. The second-order valence-electron chi connectivity index (χ2n) is 7.20. The Morgan fingerprint density at radius 3 is 2.72 bits per heavy atom. The second kappa shape index (κ2) is 10.8. The molecule has 0 saturated heterocycles. The Hall–Kier alpha value is -4.04. The third-order valence-electron chi connectivity index (χ3n) is 4.93. The Morgan fingerprint density at radius 2 is 2.03 bits per heavy atom. The van der Waals surface area contributed by atoms with E-state index in [0.717, 1.165) is 23.2 Å². The molecule has 0 radical (unpaired) electrons. The van der Waals surface area contributed by atoms with Crippen LogP contribution in [-0.4, -0.2) is 29.7 Å². The smallest absolute Gasteiger partial charge is 0.268 e. The van der Waals surface area contributed by atoms with Crippen molar-refractivity contribution in [2.45, 2.75) is 19.5 Å². The van der Waals surface area contributed by atoms with Crippen LogP contribution in [0.25, 0.3) is 17.4 Å². The van der Waals surface area contributed by atoms with Crippen molar-refractivity contribution >= 4 is 24.0 Å². The first kappa shape index (κ1) is 22.6. The van der Waals surface area contributed by atoms with Crippen LogP contribution < -0.4 is 11.1 Å². The van der Waals surface area contributed by atoms with E-state index in [2.05, 4.69) is 10.5 Å². The maximum absolute atomic E-state index is 13.1. The van der Waals surface area contributed by atoms with Crippen LogP contribution in [0.5, 0.6) is 0 Å². The lowest BCUT2D eigenvalue weighted by Gasteiger charge is -2.27. The molecule has 32 heavy (non-hydrogen) atoms. The van der Waals surface area contributed by atoms with E-state index >= 15 is 0 Å². The molecular formula is C24H25N5O3. The van der Waals surface area contributed by atoms with Crippen molar-refractivity contribution in [1.29, 1.82) is 5.41 Å². The number of nitrogens with two attached hydrogens (primary N) is 1. The van der Waals surface area contributed by atoms with Gasteiger partial charge in [0.05, 0.1) is 12.6 Å². The number of rotatable bonds is 10. The van der Waals surface area contributed by atoms with E-state index in [1.165, 1.54) is 4.90 Å². The Labute approximate surface area is 186 Å². The van der Waals surface area contributed by atoms with Gasteiger partial charge in [-0.2, -0.15) is 0 Å². The number of nitroso groups, excluding NO2 is 1. The molecule has 1 aromatic heterocycles. The monoisotopic (exact) mass is 431 g/mol. The molecule has 2 aromatic carbocycles. The zero-order valence-corrected chi connectivity index (χ0v) is 17.7. The first-order chi connectivity index (χ1) is 15.5. The van der Waals surface area contributed by atoms with Crippen LogP contribution in [-0.2, 0) is 11.3 Å². The number of nitrogens with zero attached hydrogens (tertiary/aromatic N) is 2. The van der Waals surface area contributed by atoms with Crippen LogP contribution in [0.3, 0.4) is 0 Å². The molecule has 0 bridgehead atoms. The number of benzene rings is 2. The summed E-state index contributed by atoms with van der Waals surface area (Å²) < 4.78 is 5.44. The van der Waals surface area contributed by atoms with E-state index in [4.69, 9.17) is 15.6 Å². The van der Waals surface area contributed by atoms with Gasteiger partial charge in [-0.3, -0.25) is 10.2 Å². The zero-order chi connectivity index (χ0) is 22.9. The fourth-order valence-corrected chi connectivity index (χ4v) is 3.18. The molecule has 0 aliphatic carbocycles. The van der Waals surface area contributed by atoms with Gasteiger partial charge >= 0.3 is 0 Å². The molecule has 1 unspecified atom stereocenters. The van der Waals surface area contributed by atoms with E-state index in [1.54, 1.807) is 36.6 Å². The second-order valence-corrected chi connectivity index (χ2v) is 7.20. The van der Waals surface area contributed by atoms with Crippen molar-refractivity contribution in [2.75, 3.05) is 6.54 Å². The molecule has 8 nitrogen and oxygen atoms in total. The molecule has 1 amide bonds. The van der Waals surface area contributed by atoms with Gasteiger partial charge in [-0.1, -0.05) is 30.3 Å². The number of nitrogens with one attached hydrogen (secondary N) is 2. The molecule has 1 heterocycles. The summed E-state index contributed by atoms with van der Waals surface area (Å²) in [5.41, 5.74) is 8.70. The van der Waals surface area contributed by atoms with Crippen LogP contribution >= 0.6 is 0 Å². The average molecular weight is 431 g/mol. The highest BCUT2D eigenvalue weighted by Crippen LogP contribution is 2.21. The maximum atomic E-state index is 13.1. The molecule has 1 atom stereocenters. The number of hydrogen-bond donors (Lipinski definition) is 3. The minimum absolute atomic E-state index is 0.239. The largest absolute Gasteiger partial charge is 0.464 e. The van der Waals surface area contributed by atoms with Crippen LogP contribution in [0.4, 0.5) is 5.69 Å². The fraction of sp³-hybridized carbons (Fsp3) is 0.167. The standard InChI is InChI=1S/C24H25N5O3/c1-17(14-25)29(16-26)22(13-18-5-3-8-21(12-18)28-31)24(30)27-15-19-6-2-7-20(11-19)23-9-4-10-32-23/h2-13,16-17,26H,14-15,25H2,1H3,(H,27,30)/b22-13-,26-16?. The lowest BCUT2D eigenvalue weighted by Crippen LogP contribution is -2.42. The molecule has 0 aliphatic rings. The summed E-state index contributed by atoms with van der Waals surface area (Å²) in [6.45, 7) is 2.35. The summed E-state index contributed by atoms with van der Waals surface area (Å²) in [6.07, 6.45) is 4.29. The van der Waals surface area contributed by atoms with Gasteiger partial charge in [-0.05, 0) is 59.6 Å². The minimum atomic E-state index is -0.373. The fourth-order valence-electron chi connectivity index (χ4n) is 3.18. The highest BCUT2D eigenvalue weighted by atomic mass is 16.3. The summed E-state index contributed by atoms with van der Waals surface area (Å²) in [5.74, 6) is 0.371. The molecule has 8 heteroatoms. The van der Waals surface area contributed by atoms with Gasteiger partial charge in [0.1, 0.15) is 17.1 Å².